The maximum absolute atomic E-state index is 13.3. The molecule has 3 atom stereocenters. The number of carboxylic acid groups (broad SMARTS) is 1. The van der Waals surface area contributed by atoms with E-state index in [-0.39, 0.29) is 17.2 Å². The van der Waals surface area contributed by atoms with Crippen LogP contribution in [0.4, 0.5) is 0 Å². The molecule has 0 radical (unpaired) electrons. The summed E-state index contributed by atoms with van der Waals surface area (Å²) in [6.45, 7) is 0.440. The van der Waals surface area contributed by atoms with Gasteiger partial charge in [0.1, 0.15) is 0 Å². The van der Waals surface area contributed by atoms with Crippen LogP contribution in [0.3, 0.4) is 0 Å². The van der Waals surface area contributed by atoms with Crippen LogP contribution in [0.15, 0.2) is 84.9 Å². The quantitative estimate of drug-likeness (QED) is 0.524. The second-order valence-electron chi connectivity index (χ2n) is 9.03. The summed E-state index contributed by atoms with van der Waals surface area (Å²) in [5, 5.41) is 9.56. The van der Waals surface area contributed by atoms with Crippen LogP contribution in [0.1, 0.15) is 38.3 Å². The third-order valence-corrected chi connectivity index (χ3v) is 6.67. The van der Waals surface area contributed by atoms with Crippen molar-refractivity contribution in [2.24, 2.45) is 5.41 Å². The van der Waals surface area contributed by atoms with E-state index in [1.54, 1.807) is 12.1 Å². The van der Waals surface area contributed by atoms with Gasteiger partial charge in [-0.3, -0.25) is 0 Å². The lowest BCUT2D eigenvalue weighted by atomic mass is 9.67. The van der Waals surface area contributed by atoms with Crippen molar-refractivity contribution >= 4 is 11.9 Å². The molecule has 2 aliphatic rings. The van der Waals surface area contributed by atoms with Crippen molar-refractivity contribution in [1.29, 1.82) is 0 Å². The molecular formula is C28H26O6. The van der Waals surface area contributed by atoms with Gasteiger partial charge in [0.2, 0.25) is 0 Å². The Labute approximate surface area is 198 Å². The first-order chi connectivity index (χ1) is 16.5. The molecule has 2 saturated heterocycles. The molecule has 2 heterocycles. The van der Waals surface area contributed by atoms with Gasteiger partial charge in [0.15, 0.2) is 12.4 Å². The molecule has 0 unspecified atom stereocenters. The highest BCUT2D eigenvalue weighted by atomic mass is 16.7. The Bertz CT molecular complexity index is 1120. The molecule has 6 nitrogen and oxygen atoms in total. The van der Waals surface area contributed by atoms with Crippen LogP contribution in [-0.4, -0.2) is 42.1 Å². The van der Waals surface area contributed by atoms with Gasteiger partial charge < -0.3 is 19.3 Å². The Kier molecular flexibility index (Phi) is 6.18. The molecule has 2 bridgehead atoms. The molecule has 1 N–H and O–H groups in total. The molecule has 2 fully saturated rings. The number of hydrogen-bond donors (Lipinski definition) is 1. The number of fused-ring (bicyclic) bond motifs is 2. The van der Waals surface area contributed by atoms with Crippen LogP contribution < -0.4 is 0 Å². The summed E-state index contributed by atoms with van der Waals surface area (Å²) in [6.07, 6.45) is 0.500. The number of carbonyl (C=O) groups excluding carboxylic acids is 1. The number of benzene rings is 3. The van der Waals surface area contributed by atoms with Crippen LogP contribution in [0.5, 0.6) is 0 Å². The van der Waals surface area contributed by atoms with Crippen LogP contribution in [-0.2, 0) is 27.1 Å². The second kappa shape index (κ2) is 9.41. The Morgan fingerprint density at radius 3 is 2.00 bits per heavy atom. The zero-order chi connectivity index (χ0) is 23.5. The number of esters is 1. The smallest absolute Gasteiger partial charge is 0.339 e. The lowest BCUT2D eigenvalue weighted by molar-refractivity contribution is -0.206. The fourth-order valence-corrected chi connectivity index (χ4v) is 5.21. The summed E-state index contributed by atoms with van der Waals surface area (Å²) in [5.74, 6) is -1.87. The normalized spacial score (nSPS) is 22.8. The van der Waals surface area contributed by atoms with Gasteiger partial charge in [0.25, 0.3) is 0 Å². The number of hydrogen-bond acceptors (Lipinski definition) is 5. The minimum atomic E-state index is -1.18. The third kappa shape index (κ3) is 4.47. The zero-order valence-electron chi connectivity index (χ0n) is 18.6. The van der Waals surface area contributed by atoms with Gasteiger partial charge in [0, 0.05) is 5.41 Å². The molecule has 3 aromatic carbocycles. The Balaban J connectivity index is 1.54. The molecule has 6 heteroatoms. The number of carboxylic acids is 1. The predicted molar refractivity (Wildman–Crippen MR) is 125 cm³/mol. The van der Waals surface area contributed by atoms with E-state index in [9.17, 15) is 14.7 Å². The van der Waals surface area contributed by atoms with E-state index in [1.165, 1.54) is 12.1 Å². The van der Waals surface area contributed by atoms with Crippen LogP contribution in [0.25, 0.3) is 0 Å². The molecule has 0 saturated carbocycles. The van der Waals surface area contributed by atoms with Gasteiger partial charge in [-0.25, -0.2) is 9.59 Å². The molecule has 174 valence electrons. The summed E-state index contributed by atoms with van der Waals surface area (Å²) < 4.78 is 18.1. The maximum Gasteiger partial charge on any atom is 0.339 e. The summed E-state index contributed by atoms with van der Waals surface area (Å²) >= 11 is 0. The fourth-order valence-electron chi connectivity index (χ4n) is 5.21. The van der Waals surface area contributed by atoms with Crippen molar-refractivity contribution in [3.8, 4) is 0 Å². The van der Waals surface area contributed by atoms with Crippen LogP contribution in [0, 0.1) is 5.41 Å². The van der Waals surface area contributed by atoms with Gasteiger partial charge in [-0.1, -0.05) is 72.8 Å². The average Bonchev–Trinajstić information content (AvgIpc) is 3.26. The topological polar surface area (TPSA) is 82.1 Å². The highest BCUT2D eigenvalue weighted by molar-refractivity contribution is 6.02. The van der Waals surface area contributed by atoms with E-state index < -0.39 is 29.7 Å². The predicted octanol–water partition coefficient (Wildman–Crippen LogP) is 4.53. The second-order valence-corrected chi connectivity index (χ2v) is 9.03. The molecule has 2 aliphatic heterocycles. The molecule has 0 aliphatic carbocycles. The summed E-state index contributed by atoms with van der Waals surface area (Å²) in [7, 11) is 0. The maximum atomic E-state index is 13.3. The van der Waals surface area contributed by atoms with Gasteiger partial charge in [-0.2, -0.15) is 0 Å². The Morgan fingerprint density at radius 2 is 1.41 bits per heavy atom. The SMILES string of the molecule is O=C(O)c1ccccc1C(=O)O[C@@H]1[C@@H]2OC[C@H](CC1(Cc1ccccc1)Cc1ccccc1)O2. The van der Waals surface area contributed by atoms with E-state index in [4.69, 9.17) is 14.2 Å². The van der Waals surface area contributed by atoms with Crippen molar-refractivity contribution in [2.45, 2.75) is 37.8 Å². The molecule has 3 aromatic rings. The van der Waals surface area contributed by atoms with Crippen LogP contribution in [0.2, 0.25) is 0 Å². The molecule has 0 aromatic heterocycles. The van der Waals surface area contributed by atoms with Crippen molar-refractivity contribution in [1.82, 2.24) is 0 Å². The highest BCUT2D eigenvalue weighted by Gasteiger charge is 2.55. The van der Waals surface area contributed by atoms with E-state index in [0.717, 1.165) is 11.1 Å². The van der Waals surface area contributed by atoms with E-state index in [0.29, 0.717) is 25.9 Å². The van der Waals surface area contributed by atoms with Crippen molar-refractivity contribution in [3.63, 3.8) is 0 Å². The Hall–Kier alpha value is -3.48. The average molecular weight is 459 g/mol. The van der Waals surface area contributed by atoms with Gasteiger partial charge in [-0.05, 0) is 42.5 Å². The minimum Gasteiger partial charge on any atom is -0.478 e. The Morgan fingerprint density at radius 1 is 0.853 bits per heavy atom. The first-order valence-electron chi connectivity index (χ1n) is 11.4. The van der Waals surface area contributed by atoms with Gasteiger partial charge >= 0.3 is 11.9 Å². The van der Waals surface area contributed by atoms with Gasteiger partial charge in [-0.15, -0.1) is 0 Å². The lowest BCUT2D eigenvalue weighted by Crippen LogP contribution is -2.53. The first kappa shape index (κ1) is 22.3. The first-order valence-corrected chi connectivity index (χ1v) is 11.4. The van der Waals surface area contributed by atoms with E-state index in [1.807, 2.05) is 36.4 Å². The highest BCUT2D eigenvalue weighted by Crippen LogP contribution is 2.47. The van der Waals surface area contributed by atoms with Crippen LogP contribution >= 0.6 is 0 Å². The molecule has 0 amide bonds. The third-order valence-electron chi connectivity index (χ3n) is 6.67. The number of ether oxygens (including phenoxy) is 3. The summed E-state index contributed by atoms with van der Waals surface area (Å²) in [4.78, 5) is 25.0. The minimum absolute atomic E-state index is 0.0171. The van der Waals surface area contributed by atoms with E-state index in [2.05, 4.69) is 24.3 Å². The molecular weight excluding hydrogens is 432 g/mol. The summed E-state index contributed by atoms with van der Waals surface area (Å²) in [6, 6.07) is 26.3. The monoisotopic (exact) mass is 458 g/mol. The number of aromatic carboxylic acids is 1. The van der Waals surface area contributed by atoms with Crippen molar-refractivity contribution < 1.29 is 28.9 Å². The fraction of sp³-hybridized carbons (Fsp3) is 0.286. The largest absolute Gasteiger partial charge is 0.478 e. The molecule has 5 rings (SSSR count). The number of carbonyl (C=O) groups is 2. The lowest BCUT2D eigenvalue weighted by Gasteiger charge is -2.46. The standard InChI is InChI=1S/C28H26O6/c29-25(30)22-13-7-8-14-23(22)26(31)34-24-27-32-18-21(33-27)17-28(24,15-19-9-3-1-4-10-19)16-20-11-5-2-6-12-20/h1-14,21,24,27H,15-18H2,(H,29,30)/t21-,24+,27+/m0/s1. The zero-order valence-corrected chi connectivity index (χ0v) is 18.6. The molecule has 34 heavy (non-hydrogen) atoms. The van der Waals surface area contributed by atoms with Crippen molar-refractivity contribution in [3.05, 3.63) is 107 Å². The molecule has 0 spiro atoms. The van der Waals surface area contributed by atoms with Crippen molar-refractivity contribution in [2.75, 3.05) is 6.61 Å². The van der Waals surface area contributed by atoms with E-state index >= 15 is 0 Å². The summed E-state index contributed by atoms with van der Waals surface area (Å²) in [5.41, 5.74) is 1.70. The number of rotatable bonds is 7. The van der Waals surface area contributed by atoms with Gasteiger partial charge in [0.05, 0.1) is 23.8 Å².